The third-order valence-corrected chi connectivity index (χ3v) is 8.30. The van der Waals surface area contributed by atoms with Crippen molar-refractivity contribution in [2.75, 3.05) is 19.8 Å². The minimum Gasteiger partial charge on any atom is -0.488 e. The number of imidazole rings is 1. The number of carbonyl (C=O) groups is 1. The van der Waals surface area contributed by atoms with Gasteiger partial charge in [0, 0.05) is 51.0 Å². The van der Waals surface area contributed by atoms with Gasteiger partial charge in [0.25, 0.3) is 5.91 Å². The number of nitrogens with zero attached hydrogens (tertiary/aromatic N) is 6. The summed E-state index contributed by atoms with van der Waals surface area (Å²) in [4.78, 5) is 28.6. The first kappa shape index (κ1) is 27.5. The van der Waals surface area contributed by atoms with Crippen LogP contribution in [0.1, 0.15) is 41.6 Å². The van der Waals surface area contributed by atoms with Crippen molar-refractivity contribution in [2.24, 2.45) is 18.7 Å². The Hall–Kier alpha value is -4.32. The Balaban J connectivity index is 1.30. The zero-order valence-corrected chi connectivity index (χ0v) is 24.1. The first-order chi connectivity index (χ1) is 20.8. The quantitative estimate of drug-likeness (QED) is 0.256. The van der Waals surface area contributed by atoms with Crippen LogP contribution in [0.2, 0.25) is 0 Å². The Bertz CT molecular complexity index is 1830. The summed E-state index contributed by atoms with van der Waals surface area (Å²) in [6, 6.07) is 5.94. The van der Waals surface area contributed by atoms with Gasteiger partial charge < -0.3 is 28.9 Å². The van der Waals surface area contributed by atoms with Crippen molar-refractivity contribution in [1.29, 1.82) is 0 Å². The highest BCUT2D eigenvalue weighted by Crippen LogP contribution is 2.40. The zero-order chi connectivity index (χ0) is 29.8. The second-order valence-electron chi connectivity index (χ2n) is 11.8. The summed E-state index contributed by atoms with van der Waals surface area (Å²) >= 11 is 0. The number of fused-ring (bicyclic) bond motifs is 3. The van der Waals surface area contributed by atoms with Crippen molar-refractivity contribution in [3.05, 3.63) is 59.7 Å². The molecule has 7 rings (SSSR count). The van der Waals surface area contributed by atoms with Crippen molar-refractivity contribution in [3.63, 3.8) is 0 Å². The molecule has 0 bridgehead atoms. The lowest BCUT2D eigenvalue weighted by molar-refractivity contribution is 0.0723. The number of oxazole rings is 1. The maximum Gasteiger partial charge on any atom is 0.255 e. The number of aromatic nitrogens is 5. The molecule has 1 saturated carbocycles. The maximum absolute atomic E-state index is 14.9. The molecular weight excluding hydrogens is 556 g/mol. The van der Waals surface area contributed by atoms with E-state index in [4.69, 9.17) is 24.9 Å². The number of halogens is 2. The van der Waals surface area contributed by atoms with Gasteiger partial charge in [-0.2, -0.15) is 0 Å². The molecule has 2 atom stereocenters. The normalized spacial score (nSPS) is 16.7. The largest absolute Gasteiger partial charge is 0.488 e. The number of hydrogen-bond acceptors (Lipinski definition) is 7. The van der Waals surface area contributed by atoms with E-state index >= 15 is 0 Å². The summed E-state index contributed by atoms with van der Waals surface area (Å²) in [5.41, 5.74) is 9.80. The molecule has 43 heavy (non-hydrogen) atoms. The molecule has 12 heteroatoms. The zero-order valence-electron chi connectivity index (χ0n) is 24.1. The summed E-state index contributed by atoms with van der Waals surface area (Å²) in [6.45, 7) is 2.55. The van der Waals surface area contributed by atoms with Gasteiger partial charge in [0.2, 0.25) is 0 Å². The number of pyridine rings is 1. The molecule has 1 aliphatic carbocycles. The fourth-order valence-electron chi connectivity index (χ4n) is 6.02. The average Bonchev–Trinajstić information content (AvgIpc) is 3.36. The second-order valence-corrected chi connectivity index (χ2v) is 11.8. The Morgan fingerprint density at radius 2 is 2.05 bits per heavy atom. The van der Waals surface area contributed by atoms with E-state index in [1.807, 2.05) is 24.6 Å². The SMILES string of the molecule is CC(Cc1cnco1)Oc1cc(F)cc2cc(-c3nc4cc5c(nc4n3C)CCN(C[C@H](N)CF)C5=O)n(CC3CC3)c12. The molecule has 0 spiro atoms. The van der Waals surface area contributed by atoms with Gasteiger partial charge in [-0.05, 0) is 43.9 Å². The van der Waals surface area contributed by atoms with Crippen molar-refractivity contribution in [1.82, 2.24) is 29.0 Å². The molecule has 1 aliphatic heterocycles. The van der Waals surface area contributed by atoms with Gasteiger partial charge in [-0.25, -0.2) is 23.7 Å². The molecule has 2 N–H and O–H groups in total. The van der Waals surface area contributed by atoms with Crippen LogP contribution in [0.25, 0.3) is 33.6 Å². The van der Waals surface area contributed by atoms with Gasteiger partial charge in [-0.1, -0.05) is 0 Å². The standard InChI is InChI=1S/C31H33F2N7O3/c1-17(7-22-13-35-16-42-22)43-27-10-20(33)8-19-9-26(40(28(19)27)14-18-3-4-18)30-37-25-11-23-24(36-29(25)38(30)2)5-6-39(31(23)41)15-21(34)12-32/h8-11,13,16-18,21H,3-7,12,14-15,34H2,1-2H3/t17?,21-/m1/s1. The summed E-state index contributed by atoms with van der Waals surface area (Å²) in [7, 11) is 1.90. The summed E-state index contributed by atoms with van der Waals surface area (Å²) in [5.74, 6) is 1.71. The molecule has 1 fully saturated rings. The Morgan fingerprint density at radius 1 is 1.21 bits per heavy atom. The molecule has 1 aromatic carbocycles. The van der Waals surface area contributed by atoms with E-state index in [9.17, 15) is 13.6 Å². The lowest BCUT2D eigenvalue weighted by Gasteiger charge is -2.29. The van der Waals surface area contributed by atoms with Gasteiger partial charge in [0.05, 0.1) is 34.7 Å². The number of benzene rings is 1. The molecule has 5 aromatic rings. The number of carbonyl (C=O) groups excluding carboxylic acids is 1. The highest BCUT2D eigenvalue weighted by atomic mass is 19.1. The first-order valence-electron chi connectivity index (χ1n) is 14.6. The number of aryl methyl sites for hydroxylation is 1. The summed E-state index contributed by atoms with van der Waals surface area (Å²) in [6.07, 6.45) is 6.03. The van der Waals surface area contributed by atoms with Crippen molar-refractivity contribution in [2.45, 2.75) is 51.3 Å². The summed E-state index contributed by atoms with van der Waals surface area (Å²) < 4.78 is 43.8. The number of ether oxygens (including phenoxy) is 1. The van der Waals surface area contributed by atoms with Gasteiger partial charge in [-0.3, -0.25) is 4.79 Å². The van der Waals surface area contributed by atoms with Crippen LogP contribution in [-0.4, -0.2) is 66.8 Å². The van der Waals surface area contributed by atoms with E-state index < -0.39 is 12.7 Å². The van der Waals surface area contributed by atoms with E-state index in [1.165, 1.54) is 18.5 Å². The lowest BCUT2D eigenvalue weighted by atomic mass is 10.0. The highest BCUT2D eigenvalue weighted by Gasteiger charge is 2.30. The van der Waals surface area contributed by atoms with Crippen LogP contribution in [0.3, 0.4) is 0 Å². The topological polar surface area (TPSA) is 117 Å². The molecule has 0 radical (unpaired) electrons. The van der Waals surface area contributed by atoms with Gasteiger partial charge in [0.15, 0.2) is 17.9 Å². The average molecular weight is 590 g/mol. The van der Waals surface area contributed by atoms with Crippen LogP contribution < -0.4 is 10.5 Å². The van der Waals surface area contributed by atoms with Crippen LogP contribution in [0.15, 0.2) is 41.3 Å². The number of amides is 1. The fourth-order valence-corrected chi connectivity index (χ4v) is 6.02. The van der Waals surface area contributed by atoms with Crippen LogP contribution in [0.4, 0.5) is 8.78 Å². The summed E-state index contributed by atoms with van der Waals surface area (Å²) in [5, 5.41) is 0.715. The van der Waals surface area contributed by atoms with Gasteiger partial charge >= 0.3 is 0 Å². The van der Waals surface area contributed by atoms with E-state index in [2.05, 4.69) is 9.55 Å². The van der Waals surface area contributed by atoms with Gasteiger partial charge in [-0.15, -0.1) is 0 Å². The van der Waals surface area contributed by atoms with Crippen LogP contribution in [-0.2, 0) is 26.4 Å². The number of alkyl halides is 1. The number of rotatable bonds is 10. The molecule has 0 saturated heterocycles. The van der Waals surface area contributed by atoms with Crippen LogP contribution in [0, 0.1) is 11.7 Å². The van der Waals surface area contributed by atoms with Gasteiger partial charge in [0.1, 0.15) is 35.6 Å². The predicted octanol–water partition coefficient (Wildman–Crippen LogP) is 4.43. The minimum atomic E-state index is -0.721. The molecule has 2 aliphatic rings. The van der Waals surface area contributed by atoms with Crippen LogP contribution >= 0.6 is 0 Å². The molecular formula is C31H33F2N7O3. The van der Waals surface area contributed by atoms with Crippen molar-refractivity contribution < 1.29 is 22.7 Å². The Kier molecular flexibility index (Phi) is 6.88. The third kappa shape index (κ3) is 5.13. The van der Waals surface area contributed by atoms with E-state index in [-0.39, 0.29) is 24.4 Å². The van der Waals surface area contributed by atoms with E-state index in [0.717, 1.165) is 30.6 Å². The lowest BCUT2D eigenvalue weighted by Crippen LogP contribution is -2.45. The second kappa shape index (κ2) is 10.7. The fraction of sp³-hybridized carbons (Fsp3) is 0.419. The number of nitrogens with two attached hydrogens (primary N) is 1. The predicted molar refractivity (Wildman–Crippen MR) is 156 cm³/mol. The smallest absolute Gasteiger partial charge is 0.255 e. The van der Waals surface area contributed by atoms with Crippen molar-refractivity contribution in [3.8, 4) is 17.3 Å². The van der Waals surface area contributed by atoms with Crippen molar-refractivity contribution >= 4 is 28.0 Å². The molecule has 224 valence electrons. The molecule has 1 amide bonds. The molecule has 10 nitrogen and oxygen atoms in total. The molecule has 5 heterocycles. The first-order valence-corrected chi connectivity index (χ1v) is 14.6. The Labute approximate surface area is 246 Å². The number of hydrogen-bond donors (Lipinski definition) is 1. The third-order valence-electron chi connectivity index (χ3n) is 8.30. The highest BCUT2D eigenvalue weighted by molar-refractivity contribution is 5.99. The molecule has 1 unspecified atom stereocenters. The maximum atomic E-state index is 14.9. The monoisotopic (exact) mass is 589 g/mol. The Morgan fingerprint density at radius 3 is 2.79 bits per heavy atom. The van der Waals surface area contributed by atoms with Crippen LogP contribution in [0.5, 0.6) is 5.75 Å². The van der Waals surface area contributed by atoms with E-state index in [1.54, 1.807) is 17.2 Å². The molecule has 4 aromatic heterocycles. The van der Waals surface area contributed by atoms with E-state index in [0.29, 0.717) is 70.4 Å². The minimum absolute atomic E-state index is 0.152.